The van der Waals surface area contributed by atoms with Gasteiger partial charge in [-0.05, 0) is 6.42 Å². The number of nitrogen functional groups attached to an aromatic ring is 1. The Morgan fingerprint density at radius 3 is 3.07 bits per heavy atom. The van der Waals surface area contributed by atoms with Gasteiger partial charge >= 0.3 is 0 Å². The molecule has 0 bridgehead atoms. The molecule has 5 heteroatoms. The summed E-state index contributed by atoms with van der Waals surface area (Å²) in [4.78, 5) is 4.13. The van der Waals surface area contributed by atoms with Crippen molar-refractivity contribution in [1.29, 1.82) is 0 Å². The zero-order valence-electron chi connectivity index (χ0n) is 7.87. The van der Waals surface area contributed by atoms with Crippen LogP contribution in [0.15, 0.2) is 12.4 Å². The lowest BCUT2D eigenvalue weighted by atomic mass is 10.2. The highest BCUT2D eigenvalue weighted by Gasteiger charge is 2.09. The minimum absolute atomic E-state index is 0.558. The highest BCUT2D eigenvalue weighted by atomic mass is 35.5. The fourth-order valence-corrected chi connectivity index (χ4v) is 1.54. The summed E-state index contributed by atoms with van der Waals surface area (Å²) in [6, 6.07) is 0. The van der Waals surface area contributed by atoms with Gasteiger partial charge in [0, 0.05) is 6.20 Å². The molecule has 2 aromatic heterocycles. The van der Waals surface area contributed by atoms with Gasteiger partial charge in [-0.1, -0.05) is 24.9 Å². The van der Waals surface area contributed by atoms with Crippen molar-refractivity contribution in [3.8, 4) is 0 Å². The van der Waals surface area contributed by atoms with E-state index in [2.05, 4.69) is 17.0 Å². The van der Waals surface area contributed by atoms with Crippen LogP contribution in [0.1, 0.15) is 19.0 Å². The number of anilines is 1. The summed E-state index contributed by atoms with van der Waals surface area (Å²) < 4.78 is 1.63. The van der Waals surface area contributed by atoms with E-state index < -0.39 is 0 Å². The van der Waals surface area contributed by atoms with Gasteiger partial charge in [0.2, 0.25) is 0 Å². The van der Waals surface area contributed by atoms with Crippen molar-refractivity contribution in [1.82, 2.24) is 14.6 Å². The molecule has 0 atom stereocenters. The molecule has 0 aliphatic carbocycles. The quantitative estimate of drug-likeness (QED) is 0.824. The van der Waals surface area contributed by atoms with E-state index in [1.54, 1.807) is 16.9 Å². The molecule has 0 aromatic carbocycles. The van der Waals surface area contributed by atoms with Crippen LogP contribution < -0.4 is 5.73 Å². The topological polar surface area (TPSA) is 56.2 Å². The zero-order chi connectivity index (χ0) is 10.1. The van der Waals surface area contributed by atoms with Gasteiger partial charge in [-0.3, -0.25) is 0 Å². The van der Waals surface area contributed by atoms with Gasteiger partial charge in [0.25, 0.3) is 0 Å². The van der Waals surface area contributed by atoms with Gasteiger partial charge < -0.3 is 5.73 Å². The van der Waals surface area contributed by atoms with Gasteiger partial charge in [-0.25, -0.2) is 9.50 Å². The van der Waals surface area contributed by atoms with Crippen LogP contribution in [0.3, 0.4) is 0 Å². The highest BCUT2D eigenvalue weighted by molar-refractivity contribution is 6.30. The molecule has 0 radical (unpaired) electrons. The number of nitrogens with zero attached hydrogens (tertiary/aromatic N) is 3. The van der Waals surface area contributed by atoms with E-state index in [-0.39, 0.29) is 0 Å². The first kappa shape index (κ1) is 9.27. The number of aryl methyl sites for hydroxylation is 1. The molecule has 2 rings (SSSR count). The molecule has 2 N–H and O–H groups in total. The molecule has 0 aliphatic heterocycles. The summed E-state index contributed by atoms with van der Waals surface area (Å²) in [5, 5.41) is 4.87. The lowest BCUT2D eigenvalue weighted by Crippen LogP contribution is -1.91. The minimum Gasteiger partial charge on any atom is -0.394 e. The number of halogens is 1. The largest absolute Gasteiger partial charge is 0.394 e. The van der Waals surface area contributed by atoms with E-state index in [1.807, 2.05) is 0 Å². The summed E-state index contributed by atoms with van der Waals surface area (Å²) in [5.74, 6) is 0. The first-order valence-corrected chi connectivity index (χ1v) is 4.88. The van der Waals surface area contributed by atoms with Crippen molar-refractivity contribution in [2.45, 2.75) is 19.8 Å². The Morgan fingerprint density at radius 1 is 1.57 bits per heavy atom. The van der Waals surface area contributed by atoms with Crippen molar-refractivity contribution in [3.63, 3.8) is 0 Å². The third-order valence-corrected chi connectivity index (χ3v) is 2.24. The molecule has 0 amide bonds. The normalized spacial score (nSPS) is 11.0. The lowest BCUT2D eigenvalue weighted by molar-refractivity contribution is 0.834. The van der Waals surface area contributed by atoms with E-state index in [1.165, 1.54) is 0 Å². The average Bonchev–Trinajstić information content (AvgIpc) is 2.44. The molecule has 0 saturated carbocycles. The van der Waals surface area contributed by atoms with Crippen LogP contribution >= 0.6 is 11.6 Å². The SMILES string of the molecule is CCCc1nn2cc(Cl)cnc2c1N. The second-order valence-electron chi connectivity index (χ2n) is 3.15. The maximum atomic E-state index is 5.89. The number of hydrogen-bond acceptors (Lipinski definition) is 3. The Balaban J connectivity index is 2.61. The molecule has 0 saturated heterocycles. The van der Waals surface area contributed by atoms with Crippen LogP contribution in [0, 0.1) is 0 Å². The smallest absolute Gasteiger partial charge is 0.178 e. The summed E-state index contributed by atoms with van der Waals surface area (Å²) >= 11 is 5.79. The van der Waals surface area contributed by atoms with Crippen LogP contribution in [-0.4, -0.2) is 14.6 Å². The fraction of sp³-hybridized carbons (Fsp3) is 0.333. The van der Waals surface area contributed by atoms with Gasteiger partial charge in [-0.2, -0.15) is 5.10 Å². The van der Waals surface area contributed by atoms with Crippen LogP contribution in [0.25, 0.3) is 5.65 Å². The van der Waals surface area contributed by atoms with Crippen LogP contribution in [0.5, 0.6) is 0 Å². The Labute approximate surface area is 86.7 Å². The Bertz CT molecular complexity index is 463. The minimum atomic E-state index is 0.558. The second-order valence-corrected chi connectivity index (χ2v) is 3.59. The average molecular weight is 211 g/mol. The van der Waals surface area contributed by atoms with Gasteiger partial charge in [-0.15, -0.1) is 0 Å². The number of hydrogen-bond donors (Lipinski definition) is 1. The predicted molar refractivity (Wildman–Crippen MR) is 56.4 cm³/mol. The van der Waals surface area contributed by atoms with E-state index in [0.717, 1.165) is 18.5 Å². The van der Waals surface area contributed by atoms with Gasteiger partial charge in [0.05, 0.1) is 16.9 Å². The number of fused-ring (bicyclic) bond motifs is 1. The van der Waals surface area contributed by atoms with Crippen LogP contribution in [0.4, 0.5) is 5.69 Å². The van der Waals surface area contributed by atoms with E-state index in [0.29, 0.717) is 16.4 Å². The van der Waals surface area contributed by atoms with Crippen molar-refractivity contribution in [2.75, 3.05) is 5.73 Å². The van der Waals surface area contributed by atoms with E-state index >= 15 is 0 Å². The summed E-state index contributed by atoms with van der Waals surface area (Å²) in [7, 11) is 0. The summed E-state index contributed by atoms with van der Waals surface area (Å²) in [6.45, 7) is 2.09. The predicted octanol–water partition coefficient (Wildman–Crippen LogP) is 1.92. The first-order chi connectivity index (χ1) is 6.72. The molecule has 0 aliphatic rings. The third kappa shape index (κ3) is 1.42. The molecule has 74 valence electrons. The van der Waals surface area contributed by atoms with Crippen molar-refractivity contribution < 1.29 is 0 Å². The Morgan fingerprint density at radius 2 is 2.36 bits per heavy atom. The molecule has 2 aromatic rings. The molecule has 2 heterocycles. The summed E-state index contributed by atoms with van der Waals surface area (Å²) in [6.07, 6.45) is 5.17. The Hall–Kier alpha value is -1.29. The number of nitrogens with two attached hydrogens (primary N) is 1. The van der Waals surface area contributed by atoms with E-state index in [4.69, 9.17) is 17.3 Å². The van der Waals surface area contributed by atoms with Gasteiger partial charge in [0.1, 0.15) is 5.69 Å². The third-order valence-electron chi connectivity index (χ3n) is 2.04. The number of aromatic nitrogens is 3. The lowest BCUT2D eigenvalue weighted by Gasteiger charge is -1.92. The molecule has 14 heavy (non-hydrogen) atoms. The van der Waals surface area contributed by atoms with Gasteiger partial charge in [0.15, 0.2) is 5.65 Å². The van der Waals surface area contributed by atoms with Crippen LogP contribution in [0.2, 0.25) is 5.02 Å². The maximum Gasteiger partial charge on any atom is 0.178 e. The number of rotatable bonds is 2. The molecule has 4 nitrogen and oxygen atoms in total. The van der Waals surface area contributed by atoms with Crippen molar-refractivity contribution in [2.24, 2.45) is 0 Å². The van der Waals surface area contributed by atoms with Crippen molar-refractivity contribution >= 4 is 22.9 Å². The molecule has 0 spiro atoms. The van der Waals surface area contributed by atoms with Crippen LogP contribution in [-0.2, 0) is 6.42 Å². The first-order valence-electron chi connectivity index (χ1n) is 4.50. The standard InChI is InChI=1S/C9H11ClN4/c1-2-3-7-8(11)9-12-4-6(10)5-14(9)13-7/h4-5H,2-3,11H2,1H3. The molecular weight excluding hydrogens is 200 g/mol. The fourth-order valence-electron chi connectivity index (χ4n) is 1.40. The highest BCUT2D eigenvalue weighted by Crippen LogP contribution is 2.19. The summed E-state index contributed by atoms with van der Waals surface area (Å²) in [5.41, 5.74) is 8.11. The van der Waals surface area contributed by atoms with E-state index in [9.17, 15) is 0 Å². The second kappa shape index (κ2) is 3.46. The molecular formula is C9H11ClN4. The monoisotopic (exact) mass is 210 g/mol. The molecule has 0 fully saturated rings. The zero-order valence-corrected chi connectivity index (χ0v) is 8.62. The molecule has 0 unspecified atom stereocenters. The van der Waals surface area contributed by atoms with Crippen molar-refractivity contribution in [3.05, 3.63) is 23.1 Å². The maximum absolute atomic E-state index is 5.89. The Kier molecular flexibility index (Phi) is 2.29.